The van der Waals surface area contributed by atoms with Crippen LogP contribution in [-0.4, -0.2) is 20.9 Å². The minimum atomic E-state index is -3.94. The van der Waals surface area contributed by atoms with Crippen molar-refractivity contribution < 1.29 is 17.4 Å². The van der Waals surface area contributed by atoms with Crippen LogP contribution >= 0.6 is 0 Å². The molecular weight excluding hydrogens is 350 g/mol. The van der Waals surface area contributed by atoms with Gasteiger partial charge in [-0.25, -0.2) is 0 Å². The van der Waals surface area contributed by atoms with E-state index in [1.807, 2.05) is 30.3 Å². The minimum Gasteiger partial charge on any atom is -0.379 e. The molecule has 6 heteroatoms. The van der Waals surface area contributed by atoms with Gasteiger partial charge in [0.2, 0.25) is 5.91 Å². The van der Waals surface area contributed by atoms with Crippen LogP contribution in [0.3, 0.4) is 0 Å². The highest BCUT2D eigenvalue weighted by Crippen LogP contribution is 2.26. The fourth-order valence-corrected chi connectivity index (χ4v) is 4.03. The quantitative estimate of drug-likeness (QED) is 0.659. The van der Waals surface area contributed by atoms with Gasteiger partial charge in [0.15, 0.2) is 0 Å². The number of nitrogens with zero attached hydrogens (tertiary/aromatic N) is 1. The van der Waals surface area contributed by atoms with Gasteiger partial charge in [0.05, 0.1) is 0 Å². The second-order valence-corrected chi connectivity index (χ2v) is 7.74. The summed E-state index contributed by atoms with van der Waals surface area (Å²) in [5.41, 5.74) is 0.706. The molecule has 0 unspecified atom stereocenters. The number of rotatable bonds is 4. The number of amides is 1. The van der Waals surface area contributed by atoms with Crippen molar-refractivity contribution in [3.63, 3.8) is 0 Å². The Morgan fingerprint density at radius 3 is 2.31 bits per heavy atom. The first-order valence-corrected chi connectivity index (χ1v) is 9.77. The van der Waals surface area contributed by atoms with Crippen molar-refractivity contribution in [2.24, 2.45) is 0 Å². The Morgan fingerprint density at radius 2 is 1.62 bits per heavy atom. The van der Waals surface area contributed by atoms with Crippen LogP contribution in [0.5, 0.6) is 5.75 Å². The molecule has 5 nitrogen and oxygen atoms in total. The number of carbonyl (C=O) groups excluding carboxylic acids is 1. The molecule has 0 radical (unpaired) electrons. The molecule has 0 aliphatic carbocycles. The van der Waals surface area contributed by atoms with E-state index in [0.29, 0.717) is 18.7 Å². The van der Waals surface area contributed by atoms with Crippen LogP contribution in [0.2, 0.25) is 0 Å². The van der Waals surface area contributed by atoms with Crippen molar-refractivity contribution in [1.29, 1.82) is 0 Å². The number of benzene rings is 3. The molecule has 1 fully saturated rings. The van der Waals surface area contributed by atoms with Crippen LogP contribution in [0.1, 0.15) is 12.8 Å². The zero-order valence-corrected chi connectivity index (χ0v) is 14.8. The molecule has 0 saturated carbocycles. The van der Waals surface area contributed by atoms with Crippen molar-refractivity contribution >= 4 is 32.5 Å². The third-order valence-electron chi connectivity index (χ3n) is 4.44. The second-order valence-electron chi connectivity index (χ2n) is 6.19. The second kappa shape index (κ2) is 6.46. The SMILES string of the molecule is O=C1CCCN1c1ccc(S(=O)(=O)Oc2ccc3ccccc3c2)cc1. The normalized spacial score (nSPS) is 14.8. The van der Waals surface area contributed by atoms with E-state index in [9.17, 15) is 13.2 Å². The Morgan fingerprint density at radius 1 is 0.885 bits per heavy atom. The Labute approximate surface area is 151 Å². The molecule has 0 spiro atoms. The van der Waals surface area contributed by atoms with E-state index >= 15 is 0 Å². The van der Waals surface area contributed by atoms with E-state index in [1.54, 1.807) is 29.2 Å². The molecule has 1 amide bonds. The van der Waals surface area contributed by atoms with Crippen LogP contribution in [-0.2, 0) is 14.9 Å². The molecule has 1 heterocycles. The summed E-state index contributed by atoms with van der Waals surface area (Å²) in [4.78, 5) is 13.5. The van der Waals surface area contributed by atoms with Crippen LogP contribution in [0, 0.1) is 0 Å². The molecular formula is C20H17NO4S. The lowest BCUT2D eigenvalue weighted by Crippen LogP contribution is -2.23. The van der Waals surface area contributed by atoms with Gasteiger partial charge in [-0.05, 0) is 53.6 Å². The summed E-state index contributed by atoms with van der Waals surface area (Å²) < 4.78 is 30.3. The van der Waals surface area contributed by atoms with E-state index in [1.165, 1.54) is 12.1 Å². The third-order valence-corrected chi connectivity index (χ3v) is 5.70. The maximum absolute atomic E-state index is 12.5. The van der Waals surface area contributed by atoms with Crippen molar-refractivity contribution in [1.82, 2.24) is 0 Å². The number of anilines is 1. The standard InChI is InChI=1S/C20H17NO4S/c22-20-6-3-13-21(20)17-8-11-19(12-9-17)26(23,24)25-18-10-7-15-4-1-2-5-16(15)14-18/h1-2,4-5,7-12,14H,3,6,13H2. The van der Waals surface area contributed by atoms with Gasteiger partial charge in [-0.2, -0.15) is 8.42 Å². The van der Waals surface area contributed by atoms with Gasteiger partial charge in [0.1, 0.15) is 10.6 Å². The van der Waals surface area contributed by atoms with Gasteiger partial charge < -0.3 is 9.08 Å². The molecule has 0 N–H and O–H groups in total. The summed E-state index contributed by atoms with van der Waals surface area (Å²) in [6.07, 6.45) is 1.36. The molecule has 3 aromatic carbocycles. The Balaban J connectivity index is 1.58. The molecule has 0 aromatic heterocycles. The molecule has 4 rings (SSSR count). The van der Waals surface area contributed by atoms with Crippen LogP contribution in [0.4, 0.5) is 5.69 Å². The minimum absolute atomic E-state index is 0.0565. The topological polar surface area (TPSA) is 63.7 Å². The molecule has 0 bridgehead atoms. The number of carbonyl (C=O) groups is 1. The first-order valence-electron chi connectivity index (χ1n) is 8.37. The highest BCUT2D eigenvalue weighted by molar-refractivity contribution is 7.87. The largest absolute Gasteiger partial charge is 0.379 e. The zero-order chi connectivity index (χ0) is 18.1. The van der Waals surface area contributed by atoms with E-state index in [2.05, 4.69) is 0 Å². The highest BCUT2D eigenvalue weighted by Gasteiger charge is 2.23. The fourth-order valence-electron chi connectivity index (χ4n) is 3.11. The van der Waals surface area contributed by atoms with Crippen LogP contribution in [0.15, 0.2) is 71.6 Å². The predicted molar refractivity (Wildman–Crippen MR) is 99.8 cm³/mol. The lowest BCUT2D eigenvalue weighted by atomic mass is 10.1. The summed E-state index contributed by atoms with van der Waals surface area (Å²) in [6.45, 7) is 0.665. The Bertz CT molecular complexity index is 1070. The molecule has 26 heavy (non-hydrogen) atoms. The van der Waals surface area contributed by atoms with Crippen molar-refractivity contribution in [2.45, 2.75) is 17.7 Å². The summed E-state index contributed by atoms with van der Waals surface area (Å²) >= 11 is 0. The average Bonchev–Trinajstić information content (AvgIpc) is 3.07. The lowest BCUT2D eigenvalue weighted by molar-refractivity contribution is -0.117. The molecule has 1 aliphatic heterocycles. The third kappa shape index (κ3) is 3.15. The molecule has 0 atom stereocenters. The van der Waals surface area contributed by atoms with Crippen LogP contribution < -0.4 is 9.08 Å². The maximum Gasteiger partial charge on any atom is 0.339 e. The smallest absolute Gasteiger partial charge is 0.339 e. The number of fused-ring (bicyclic) bond motifs is 1. The van der Waals surface area contributed by atoms with Gasteiger partial charge in [0.25, 0.3) is 0 Å². The summed E-state index contributed by atoms with van der Waals surface area (Å²) in [5, 5.41) is 1.92. The van der Waals surface area contributed by atoms with Gasteiger partial charge in [-0.1, -0.05) is 30.3 Å². The molecule has 1 aliphatic rings. The Kier molecular flexibility index (Phi) is 4.12. The zero-order valence-electron chi connectivity index (χ0n) is 14.0. The highest BCUT2D eigenvalue weighted by atomic mass is 32.2. The van der Waals surface area contributed by atoms with E-state index in [4.69, 9.17) is 4.18 Å². The lowest BCUT2D eigenvalue weighted by Gasteiger charge is -2.16. The maximum atomic E-state index is 12.5. The van der Waals surface area contributed by atoms with Gasteiger partial charge >= 0.3 is 10.1 Å². The van der Waals surface area contributed by atoms with E-state index in [-0.39, 0.29) is 16.6 Å². The van der Waals surface area contributed by atoms with Gasteiger partial charge in [-0.15, -0.1) is 0 Å². The molecule has 3 aromatic rings. The monoisotopic (exact) mass is 367 g/mol. The number of hydrogen-bond acceptors (Lipinski definition) is 4. The Hall–Kier alpha value is -2.86. The predicted octanol–water partition coefficient (Wildman–Crippen LogP) is 3.73. The molecule has 1 saturated heterocycles. The van der Waals surface area contributed by atoms with E-state index in [0.717, 1.165) is 17.2 Å². The summed E-state index contributed by atoms with van der Waals surface area (Å²) in [7, 11) is -3.94. The summed E-state index contributed by atoms with van der Waals surface area (Å²) in [6, 6.07) is 19.0. The van der Waals surface area contributed by atoms with Crippen molar-refractivity contribution in [3.05, 3.63) is 66.7 Å². The first kappa shape index (κ1) is 16.6. The van der Waals surface area contributed by atoms with E-state index < -0.39 is 10.1 Å². The molecule has 132 valence electrons. The summed E-state index contributed by atoms with van der Waals surface area (Å²) in [5.74, 6) is 0.329. The average molecular weight is 367 g/mol. The van der Waals surface area contributed by atoms with Crippen LogP contribution in [0.25, 0.3) is 10.8 Å². The van der Waals surface area contributed by atoms with Crippen molar-refractivity contribution in [2.75, 3.05) is 11.4 Å². The first-order chi connectivity index (χ1) is 12.5. The van der Waals surface area contributed by atoms with Gasteiger partial charge in [-0.3, -0.25) is 4.79 Å². The van der Waals surface area contributed by atoms with Gasteiger partial charge in [0, 0.05) is 18.7 Å². The number of hydrogen-bond donors (Lipinski definition) is 0. The fraction of sp³-hybridized carbons (Fsp3) is 0.150. The van der Waals surface area contributed by atoms with Crippen molar-refractivity contribution in [3.8, 4) is 5.75 Å².